The van der Waals surface area contributed by atoms with Crippen LogP contribution in [0.4, 0.5) is 4.79 Å². The Morgan fingerprint density at radius 3 is 2.03 bits per heavy atom. The number of hydrogen-bond acceptors (Lipinski definition) is 3. The smallest absolute Gasteiger partial charge is 0.410 e. The number of fused-ring (bicyclic) bond motifs is 1. The van der Waals surface area contributed by atoms with E-state index in [4.69, 9.17) is 4.74 Å². The van der Waals surface area contributed by atoms with Crippen LogP contribution in [0.5, 0.6) is 0 Å². The van der Waals surface area contributed by atoms with Crippen molar-refractivity contribution in [1.29, 1.82) is 0 Å². The number of nitrogens with zero attached hydrogens (tertiary/aromatic N) is 1. The second kappa shape index (κ2) is 8.51. The standard InChI is InChI=1S/C28H34N2O3/c1-28(2,3)33-27(32)30-14-12-18(13-15-30)26(31)29-17-19-16-24-20-8-4-6-10-22(20)25(19)23-11-7-5-9-21(23)24/h4-11,18-19,24-25H,12-17H2,1-3H3,(H,29,31). The van der Waals surface area contributed by atoms with Crippen LogP contribution in [-0.2, 0) is 9.53 Å². The lowest BCUT2D eigenvalue weighted by Gasteiger charge is -2.45. The molecule has 1 atom stereocenters. The first-order valence-corrected chi connectivity index (χ1v) is 12.2. The van der Waals surface area contributed by atoms with Gasteiger partial charge in [0, 0.05) is 37.4 Å². The molecule has 1 saturated heterocycles. The minimum atomic E-state index is -0.498. The van der Waals surface area contributed by atoms with E-state index in [-0.39, 0.29) is 17.9 Å². The molecule has 174 valence electrons. The van der Waals surface area contributed by atoms with Crippen molar-refractivity contribution < 1.29 is 14.3 Å². The molecule has 1 unspecified atom stereocenters. The minimum Gasteiger partial charge on any atom is -0.444 e. The van der Waals surface area contributed by atoms with Gasteiger partial charge >= 0.3 is 6.09 Å². The van der Waals surface area contributed by atoms with Crippen LogP contribution in [0.1, 0.15) is 74.1 Å². The predicted octanol–water partition coefficient (Wildman–Crippen LogP) is 5.05. The molecule has 1 N–H and O–H groups in total. The van der Waals surface area contributed by atoms with Crippen molar-refractivity contribution in [3.8, 4) is 0 Å². The number of amides is 2. The Balaban J connectivity index is 1.21. The third-order valence-electron chi connectivity index (χ3n) is 7.48. The maximum atomic E-state index is 13.0. The Morgan fingerprint density at radius 2 is 1.48 bits per heavy atom. The molecule has 2 aromatic rings. The number of carbonyl (C=O) groups is 2. The second-order valence-corrected chi connectivity index (χ2v) is 10.8. The van der Waals surface area contributed by atoms with E-state index >= 15 is 0 Å². The fraction of sp³-hybridized carbons (Fsp3) is 0.500. The number of rotatable bonds is 3. The first kappa shape index (κ1) is 22.0. The number of carbonyl (C=O) groups excluding carboxylic acids is 2. The summed E-state index contributed by atoms with van der Waals surface area (Å²) in [6.07, 6.45) is 2.17. The molecule has 0 radical (unpaired) electrons. The van der Waals surface area contributed by atoms with Gasteiger partial charge in [-0.2, -0.15) is 0 Å². The molecule has 0 saturated carbocycles. The Hall–Kier alpha value is -2.82. The summed E-state index contributed by atoms with van der Waals surface area (Å²) in [7, 11) is 0. The van der Waals surface area contributed by atoms with Gasteiger partial charge in [0.15, 0.2) is 0 Å². The highest BCUT2D eigenvalue weighted by atomic mass is 16.6. The number of ether oxygens (including phenoxy) is 1. The Morgan fingerprint density at radius 1 is 0.939 bits per heavy atom. The summed E-state index contributed by atoms with van der Waals surface area (Å²) in [5.74, 6) is 1.26. The third-order valence-corrected chi connectivity index (χ3v) is 7.48. The van der Waals surface area contributed by atoms with Crippen LogP contribution in [-0.4, -0.2) is 42.1 Å². The molecule has 1 aliphatic heterocycles. The molecule has 6 rings (SSSR count). The monoisotopic (exact) mass is 446 g/mol. The molecule has 0 spiro atoms. The highest BCUT2D eigenvalue weighted by Gasteiger charge is 2.43. The lowest BCUT2D eigenvalue weighted by Crippen LogP contribution is -2.46. The summed E-state index contributed by atoms with van der Waals surface area (Å²) in [4.78, 5) is 27.0. The molecule has 2 amide bonds. The van der Waals surface area contributed by atoms with E-state index in [1.807, 2.05) is 20.8 Å². The topological polar surface area (TPSA) is 58.6 Å². The first-order valence-electron chi connectivity index (χ1n) is 12.2. The molecule has 33 heavy (non-hydrogen) atoms. The fourth-order valence-electron chi connectivity index (χ4n) is 5.99. The quantitative estimate of drug-likeness (QED) is 0.718. The van der Waals surface area contributed by atoms with E-state index in [0.29, 0.717) is 50.2 Å². The van der Waals surface area contributed by atoms with E-state index in [0.717, 1.165) is 6.42 Å². The van der Waals surface area contributed by atoms with E-state index in [9.17, 15) is 9.59 Å². The molecule has 2 bridgehead atoms. The largest absolute Gasteiger partial charge is 0.444 e. The van der Waals surface area contributed by atoms with Gasteiger partial charge in [-0.15, -0.1) is 0 Å². The number of nitrogens with one attached hydrogen (secondary N) is 1. The molecule has 2 aromatic carbocycles. The van der Waals surface area contributed by atoms with Gasteiger partial charge in [0.1, 0.15) is 5.60 Å². The molecule has 5 nitrogen and oxygen atoms in total. The van der Waals surface area contributed by atoms with Crippen molar-refractivity contribution >= 4 is 12.0 Å². The summed E-state index contributed by atoms with van der Waals surface area (Å²) < 4.78 is 5.47. The zero-order chi connectivity index (χ0) is 23.2. The average Bonchev–Trinajstić information content (AvgIpc) is 2.81. The zero-order valence-corrected chi connectivity index (χ0v) is 19.8. The van der Waals surface area contributed by atoms with Crippen molar-refractivity contribution in [1.82, 2.24) is 10.2 Å². The highest BCUT2D eigenvalue weighted by Crippen LogP contribution is 2.55. The van der Waals surface area contributed by atoms with E-state index in [1.165, 1.54) is 22.3 Å². The van der Waals surface area contributed by atoms with Gasteiger partial charge < -0.3 is 15.0 Å². The van der Waals surface area contributed by atoms with Crippen LogP contribution in [0.25, 0.3) is 0 Å². The van der Waals surface area contributed by atoms with Crippen LogP contribution < -0.4 is 5.32 Å². The van der Waals surface area contributed by atoms with Crippen LogP contribution in [0.2, 0.25) is 0 Å². The van der Waals surface area contributed by atoms with Gasteiger partial charge in [0.25, 0.3) is 0 Å². The highest BCUT2D eigenvalue weighted by molar-refractivity contribution is 5.79. The summed E-state index contributed by atoms with van der Waals surface area (Å²) in [6, 6.07) is 17.6. The van der Waals surface area contributed by atoms with Crippen LogP contribution in [0.3, 0.4) is 0 Å². The van der Waals surface area contributed by atoms with Crippen molar-refractivity contribution in [3.63, 3.8) is 0 Å². The van der Waals surface area contributed by atoms with Crippen LogP contribution in [0.15, 0.2) is 48.5 Å². The SMILES string of the molecule is CC(C)(C)OC(=O)N1CCC(C(=O)NCC2CC3c4ccccc4C2c2ccccc23)CC1. The minimum absolute atomic E-state index is 0.0379. The third kappa shape index (κ3) is 4.25. The molecule has 1 fully saturated rings. The number of piperidine rings is 1. The van der Waals surface area contributed by atoms with Gasteiger partial charge in [0.05, 0.1) is 0 Å². The Kier molecular flexibility index (Phi) is 5.67. The lowest BCUT2D eigenvalue weighted by atomic mass is 9.59. The second-order valence-electron chi connectivity index (χ2n) is 10.8. The van der Waals surface area contributed by atoms with Gasteiger partial charge in [-0.1, -0.05) is 48.5 Å². The van der Waals surface area contributed by atoms with E-state index in [2.05, 4.69) is 53.8 Å². The van der Waals surface area contributed by atoms with E-state index in [1.54, 1.807) is 4.90 Å². The molecule has 0 aromatic heterocycles. The lowest BCUT2D eigenvalue weighted by molar-refractivity contribution is -0.126. The first-order chi connectivity index (χ1) is 15.8. The molecule has 5 heteroatoms. The number of benzene rings is 2. The average molecular weight is 447 g/mol. The molecule has 4 aliphatic rings. The molecular weight excluding hydrogens is 412 g/mol. The molecule has 3 aliphatic carbocycles. The van der Waals surface area contributed by atoms with Gasteiger partial charge in [-0.25, -0.2) is 4.79 Å². The number of hydrogen-bond donors (Lipinski definition) is 1. The maximum Gasteiger partial charge on any atom is 0.410 e. The summed E-state index contributed by atoms with van der Waals surface area (Å²) in [5.41, 5.74) is 5.27. The van der Waals surface area contributed by atoms with Crippen molar-refractivity contribution in [3.05, 3.63) is 70.8 Å². The summed E-state index contributed by atoms with van der Waals surface area (Å²) in [6.45, 7) is 7.47. The van der Waals surface area contributed by atoms with Gasteiger partial charge in [0.2, 0.25) is 5.91 Å². The molecular formula is C28H34N2O3. The summed E-state index contributed by atoms with van der Waals surface area (Å²) >= 11 is 0. The predicted molar refractivity (Wildman–Crippen MR) is 128 cm³/mol. The zero-order valence-electron chi connectivity index (χ0n) is 19.8. The maximum absolute atomic E-state index is 13.0. The van der Waals surface area contributed by atoms with E-state index < -0.39 is 5.60 Å². The van der Waals surface area contributed by atoms with Crippen molar-refractivity contribution in [2.24, 2.45) is 11.8 Å². The van der Waals surface area contributed by atoms with Crippen molar-refractivity contribution in [2.75, 3.05) is 19.6 Å². The van der Waals surface area contributed by atoms with Crippen molar-refractivity contribution in [2.45, 2.75) is 57.5 Å². The number of likely N-dealkylation sites (tertiary alicyclic amines) is 1. The fourth-order valence-corrected chi connectivity index (χ4v) is 5.99. The summed E-state index contributed by atoms with van der Waals surface area (Å²) in [5, 5.41) is 3.28. The normalized spacial score (nSPS) is 24.1. The van der Waals surface area contributed by atoms with Gasteiger partial charge in [-0.3, -0.25) is 4.79 Å². The van der Waals surface area contributed by atoms with Crippen LogP contribution >= 0.6 is 0 Å². The van der Waals surface area contributed by atoms with Gasteiger partial charge in [-0.05, 0) is 68.2 Å². The Labute approximate surface area is 196 Å². The molecule has 1 heterocycles. The Bertz CT molecular complexity index is 1000. The van der Waals surface area contributed by atoms with Crippen LogP contribution in [0, 0.1) is 11.8 Å².